The molecule has 18 heavy (non-hydrogen) atoms. The van der Waals surface area contributed by atoms with Gasteiger partial charge in [-0.3, -0.25) is 9.91 Å². The van der Waals surface area contributed by atoms with Crippen molar-refractivity contribution in [3.63, 3.8) is 0 Å². The Morgan fingerprint density at radius 1 is 1.33 bits per heavy atom. The zero-order valence-corrected chi connectivity index (χ0v) is 11.0. The van der Waals surface area contributed by atoms with Crippen LogP contribution in [0.25, 0.3) is 0 Å². The lowest BCUT2D eigenvalue weighted by Crippen LogP contribution is -2.41. The molecular formula is C12H19N5O. The number of ether oxygens (including phenoxy) is 1. The van der Waals surface area contributed by atoms with Gasteiger partial charge >= 0.3 is 0 Å². The maximum atomic E-state index is 5.38. The first-order valence-electron chi connectivity index (χ1n) is 6.47. The van der Waals surface area contributed by atoms with Crippen molar-refractivity contribution >= 4 is 11.7 Å². The first-order chi connectivity index (χ1) is 8.78. The summed E-state index contributed by atoms with van der Waals surface area (Å²) in [6.07, 6.45) is 3.00. The van der Waals surface area contributed by atoms with Crippen molar-refractivity contribution in [3.05, 3.63) is 11.9 Å². The van der Waals surface area contributed by atoms with E-state index in [9.17, 15) is 0 Å². The molecule has 98 valence electrons. The smallest absolute Gasteiger partial charge is 0.159 e. The van der Waals surface area contributed by atoms with Gasteiger partial charge in [-0.2, -0.15) is 5.10 Å². The second kappa shape index (κ2) is 4.61. The number of hydrogen-bond acceptors (Lipinski definition) is 6. The van der Waals surface area contributed by atoms with E-state index in [0.717, 1.165) is 56.9 Å². The van der Waals surface area contributed by atoms with Crippen LogP contribution in [0.1, 0.15) is 13.3 Å². The van der Waals surface area contributed by atoms with Crippen molar-refractivity contribution in [2.75, 3.05) is 40.0 Å². The molecule has 0 spiro atoms. The van der Waals surface area contributed by atoms with E-state index in [1.807, 2.05) is 12.1 Å². The summed E-state index contributed by atoms with van der Waals surface area (Å²) in [6.45, 7) is 6.33. The van der Waals surface area contributed by atoms with Crippen LogP contribution in [-0.2, 0) is 4.74 Å². The number of rotatable bonds is 2. The first kappa shape index (κ1) is 11.5. The third kappa shape index (κ3) is 1.96. The van der Waals surface area contributed by atoms with Gasteiger partial charge in [0.2, 0.25) is 0 Å². The van der Waals surface area contributed by atoms with Crippen molar-refractivity contribution in [1.29, 1.82) is 0 Å². The minimum Gasteiger partial charge on any atom is -0.378 e. The minimum atomic E-state index is 0.782. The topological polar surface area (TPSA) is 43.7 Å². The van der Waals surface area contributed by atoms with E-state index in [4.69, 9.17) is 9.73 Å². The number of aliphatic imine (C=N–C) groups is 1. The van der Waals surface area contributed by atoms with Crippen molar-refractivity contribution in [1.82, 2.24) is 14.8 Å². The van der Waals surface area contributed by atoms with Crippen LogP contribution in [0.4, 0.5) is 0 Å². The van der Waals surface area contributed by atoms with Crippen molar-refractivity contribution < 1.29 is 4.74 Å². The van der Waals surface area contributed by atoms with E-state index >= 15 is 0 Å². The molecule has 6 nitrogen and oxygen atoms in total. The molecule has 0 N–H and O–H groups in total. The normalized spacial score (nSPS) is 23.7. The number of morpholine rings is 1. The van der Waals surface area contributed by atoms with Crippen LogP contribution in [0.3, 0.4) is 0 Å². The molecule has 0 aromatic carbocycles. The molecule has 3 heterocycles. The highest BCUT2D eigenvalue weighted by atomic mass is 16.5. The van der Waals surface area contributed by atoms with Crippen LogP contribution < -0.4 is 0 Å². The third-order valence-electron chi connectivity index (χ3n) is 3.36. The van der Waals surface area contributed by atoms with E-state index < -0.39 is 0 Å². The SMILES string of the molecule is CCC1=NC(N2CCOCC2)=CC2=NN(C)CN21. The average molecular weight is 249 g/mol. The Balaban J connectivity index is 1.87. The fourth-order valence-corrected chi connectivity index (χ4v) is 2.42. The molecule has 0 atom stereocenters. The summed E-state index contributed by atoms with van der Waals surface area (Å²) < 4.78 is 5.38. The summed E-state index contributed by atoms with van der Waals surface area (Å²) >= 11 is 0. The highest BCUT2D eigenvalue weighted by Crippen LogP contribution is 2.20. The fraction of sp³-hybridized carbons (Fsp3) is 0.667. The number of amidine groups is 2. The van der Waals surface area contributed by atoms with Crippen molar-refractivity contribution in [3.8, 4) is 0 Å². The minimum absolute atomic E-state index is 0.782. The van der Waals surface area contributed by atoms with E-state index in [0.29, 0.717) is 0 Å². The average Bonchev–Trinajstić information content (AvgIpc) is 2.78. The molecule has 0 aromatic rings. The van der Waals surface area contributed by atoms with Gasteiger partial charge in [0.25, 0.3) is 0 Å². The summed E-state index contributed by atoms with van der Waals surface area (Å²) in [7, 11) is 1.99. The molecule has 1 saturated heterocycles. The highest BCUT2D eigenvalue weighted by Gasteiger charge is 2.28. The number of fused-ring (bicyclic) bond motifs is 1. The van der Waals surface area contributed by atoms with Gasteiger partial charge in [-0.1, -0.05) is 6.92 Å². The molecule has 0 amide bonds. The Morgan fingerprint density at radius 2 is 2.11 bits per heavy atom. The first-order valence-corrected chi connectivity index (χ1v) is 6.47. The fourth-order valence-electron chi connectivity index (χ4n) is 2.42. The molecule has 3 aliphatic heterocycles. The van der Waals surface area contributed by atoms with Gasteiger partial charge in [0.15, 0.2) is 5.84 Å². The molecule has 0 aromatic heterocycles. The molecule has 0 saturated carbocycles. The lowest BCUT2D eigenvalue weighted by molar-refractivity contribution is 0.0530. The maximum absolute atomic E-state index is 5.38. The van der Waals surface area contributed by atoms with Crippen LogP contribution in [-0.4, -0.2) is 66.5 Å². The van der Waals surface area contributed by atoms with Gasteiger partial charge in [-0.25, -0.2) is 4.99 Å². The standard InChI is InChI=1S/C12H19N5O/c1-3-10-13-11(16-4-6-18-7-5-16)8-12-14-15(2)9-17(10)12/h8H,3-7,9H2,1-2H3. The molecule has 0 aliphatic carbocycles. The van der Waals surface area contributed by atoms with Gasteiger partial charge in [0.1, 0.15) is 18.3 Å². The van der Waals surface area contributed by atoms with E-state index in [1.54, 1.807) is 0 Å². The highest BCUT2D eigenvalue weighted by molar-refractivity contribution is 6.09. The number of hydrogen-bond donors (Lipinski definition) is 0. The van der Waals surface area contributed by atoms with E-state index in [-0.39, 0.29) is 0 Å². The van der Waals surface area contributed by atoms with Crippen LogP contribution in [0.15, 0.2) is 22.0 Å². The molecule has 0 unspecified atom stereocenters. The van der Waals surface area contributed by atoms with Crippen LogP contribution >= 0.6 is 0 Å². The molecule has 3 aliphatic rings. The monoisotopic (exact) mass is 249 g/mol. The Labute approximate surface area is 107 Å². The second-order valence-corrected chi connectivity index (χ2v) is 4.67. The summed E-state index contributed by atoms with van der Waals surface area (Å²) in [5, 5.41) is 6.46. The summed E-state index contributed by atoms with van der Waals surface area (Å²) in [6, 6.07) is 0. The molecule has 0 radical (unpaired) electrons. The predicted octanol–water partition coefficient (Wildman–Crippen LogP) is 0.501. The number of hydrazone groups is 1. The quantitative estimate of drug-likeness (QED) is 0.715. The van der Waals surface area contributed by atoms with Gasteiger partial charge < -0.3 is 9.64 Å². The molecule has 0 bridgehead atoms. The maximum Gasteiger partial charge on any atom is 0.159 e. The summed E-state index contributed by atoms with van der Waals surface area (Å²) in [4.78, 5) is 9.21. The van der Waals surface area contributed by atoms with E-state index in [1.165, 1.54) is 0 Å². The zero-order chi connectivity index (χ0) is 12.5. The molecule has 3 rings (SSSR count). The Hall–Kier alpha value is -1.56. The third-order valence-corrected chi connectivity index (χ3v) is 3.36. The zero-order valence-electron chi connectivity index (χ0n) is 11.0. The van der Waals surface area contributed by atoms with Gasteiger partial charge in [0, 0.05) is 32.6 Å². The lowest BCUT2D eigenvalue weighted by atomic mass is 10.3. The van der Waals surface area contributed by atoms with Gasteiger partial charge in [-0.15, -0.1) is 0 Å². The lowest BCUT2D eigenvalue weighted by Gasteiger charge is -2.32. The van der Waals surface area contributed by atoms with Gasteiger partial charge in [-0.05, 0) is 0 Å². The molecule has 6 heteroatoms. The van der Waals surface area contributed by atoms with Crippen molar-refractivity contribution in [2.24, 2.45) is 10.1 Å². The predicted molar refractivity (Wildman–Crippen MR) is 70.1 cm³/mol. The Bertz CT molecular complexity index is 422. The van der Waals surface area contributed by atoms with Crippen molar-refractivity contribution in [2.45, 2.75) is 13.3 Å². The van der Waals surface area contributed by atoms with Gasteiger partial charge in [0.05, 0.1) is 13.2 Å². The molecule has 1 fully saturated rings. The largest absolute Gasteiger partial charge is 0.378 e. The van der Waals surface area contributed by atoms with Crippen LogP contribution in [0.2, 0.25) is 0 Å². The van der Waals surface area contributed by atoms with E-state index in [2.05, 4.69) is 27.9 Å². The summed E-state index contributed by atoms with van der Waals surface area (Å²) in [5.74, 6) is 3.13. The second-order valence-electron chi connectivity index (χ2n) is 4.67. The van der Waals surface area contributed by atoms with Crippen LogP contribution in [0.5, 0.6) is 0 Å². The summed E-state index contributed by atoms with van der Waals surface area (Å²) in [5.41, 5.74) is 0. The Morgan fingerprint density at radius 3 is 2.83 bits per heavy atom. The van der Waals surface area contributed by atoms with Crippen LogP contribution in [0, 0.1) is 0 Å². The Kier molecular flexibility index (Phi) is 2.95. The molecular weight excluding hydrogens is 230 g/mol. The number of nitrogens with zero attached hydrogens (tertiary/aromatic N) is 5.